The predicted molar refractivity (Wildman–Crippen MR) is 48.2 cm³/mol. The average Bonchev–Trinajstić information content (AvgIpc) is 2.10. The maximum Gasteiger partial charge on any atom is 0.431 e. The number of sulfonamides is 1. The Balaban J connectivity index is 5.48. The van der Waals surface area contributed by atoms with E-state index >= 15 is 0 Å². The van der Waals surface area contributed by atoms with Crippen LogP contribution in [0.2, 0.25) is 0 Å². The van der Waals surface area contributed by atoms with Crippen LogP contribution in [-0.4, -0.2) is 37.6 Å². The zero-order valence-electron chi connectivity index (χ0n) is 9.74. The molecule has 0 saturated carbocycles. The Morgan fingerprint density at radius 3 is 1.62 bits per heavy atom. The van der Waals surface area contributed by atoms with Gasteiger partial charge in [0.25, 0.3) is 0 Å². The Labute approximate surface area is 111 Å². The summed E-state index contributed by atoms with van der Waals surface area (Å²) < 4.78 is 133. The number of amides is 1. The summed E-state index contributed by atoms with van der Waals surface area (Å²) in [6.45, 7) is -0.728. The molecule has 4 nitrogen and oxygen atoms in total. The summed E-state index contributed by atoms with van der Waals surface area (Å²) in [5.74, 6) is -14.6. The van der Waals surface area contributed by atoms with E-state index in [2.05, 4.69) is 0 Å². The van der Waals surface area contributed by atoms with Gasteiger partial charge in [-0.1, -0.05) is 0 Å². The topological polar surface area (TPSA) is 63.2 Å². The third-order valence-corrected chi connectivity index (χ3v) is 3.29. The summed E-state index contributed by atoms with van der Waals surface area (Å²) in [6.07, 6.45) is -7.91. The molecule has 0 aliphatic carbocycles. The molecule has 0 saturated heterocycles. The van der Waals surface area contributed by atoms with Crippen molar-refractivity contribution in [3.8, 4) is 0 Å². The third kappa shape index (κ3) is 4.14. The molecule has 0 unspecified atom stereocenters. The van der Waals surface area contributed by atoms with Crippen LogP contribution in [0.3, 0.4) is 0 Å². The smallest absolute Gasteiger partial charge is 0.274 e. The van der Waals surface area contributed by atoms with Crippen molar-refractivity contribution in [2.24, 2.45) is 0 Å². The molecule has 0 aromatic rings. The third-order valence-electron chi connectivity index (χ3n) is 1.86. The minimum atomic E-state index is -6.84. The zero-order chi connectivity index (χ0) is 17.5. The summed E-state index contributed by atoms with van der Waals surface area (Å²) in [4.78, 5) is 10.5. The molecule has 0 radical (unpaired) electrons. The van der Waals surface area contributed by atoms with Gasteiger partial charge in [-0.05, 0) is 0 Å². The van der Waals surface area contributed by atoms with Gasteiger partial charge in [0, 0.05) is 6.92 Å². The van der Waals surface area contributed by atoms with Crippen LogP contribution in [0, 0.1) is 0 Å². The number of carbonyl (C=O) groups is 1. The summed E-state index contributed by atoms with van der Waals surface area (Å²) in [5, 5.41) is -6.53. The van der Waals surface area contributed by atoms with Crippen molar-refractivity contribution in [3.63, 3.8) is 0 Å². The van der Waals surface area contributed by atoms with E-state index in [4.69, 9.17) is 0 Å². The van der Waals surface area contributed by atoms with Gasteiger partial charge in [0.15, 0.2) is 0 Å². The maximum absolute atomic E-state index is 13.0. The number of alkyl halides is 9. The van der Waals surface area contributed by atoms with Crippen LogP contribution in [0.4, 0.5) is 39.5 Å². The second-order valence-corrected chi connectivity index (χ2v) is 5.52. The summed E-state index contributed by atoms with van der Waals surface area (Å²) in [5.41, 5.74) is 0. The molecule has 14 heteroatoms. The molecule has 0 rings (SSSR count). The van der Waals surface area contributed by atoms with Gasteiger partial charge in [-0.25, -0.2) is 4.72 Å². The van der Waals surface area contributed by atoms with E-state index in [1.165, 1.54) is 0 Å². The highest BCUT2D eigenvalue weighted by Gasteiger charge is 2.76. The van der Waals surface area contributed by atoms with Gasteiger partial charge in [-0.2, -0.15) is 47.9 Å². The Kier molecular flexibility index (Phi) is 4.91. The molecule has 0 aliphatic rings. The molecule has 0 spiro atoms. The van der Waals surface area contributed by atoms with Crippen LogP contribution in [0.1, 0.15) is 13.3 Å². The molecule has 0 aliphatic heterocycles. The molecule has 0 aromatic heterocycles. The van der Waals surface area contributed by atoms with E-state index in [0.717, 1.165) is 0 Å². The van der Waals surface area contributed by atoms with Gasteiger partial charge >= 0.3 is 33.3 Å². The second kappa shape index (κ2) is 5.21. The predicted octanol–water partition coefficient (Wildman–Crippen LogP) is 2.27. The zero-order valence-corrected chi connectivity index (χ0v) is 10.6. The van der Waals surface area contributed by atoms with E-state index < -0.39 is 52.6 Å². The first kappa shape index (κ1) is 19.8. The molecule has 0 heterocycles. The number of hydrogen-bond acceptors (Lipinski definition) is 3. The summed E-state index contributed by atoms with van der Waals surface area (Å²) in [7, 11) is -6.84. The van der Waals surface area contributed by atoms with Crippen molar-refractivity contribution < 1.29 is 52.7 Å². The molecule has 126 valence electrons. The van der Waals surface area contributed by atoms with Gasteiger partial charge in [-0.3, -0.25) is 4.79 Å². The minimum absolute atomic E-state index is 0.0188. The normalized spacial score (nSPS) is 15.0. The van der Waals surface area contributed by atoms with Gasteiger partial charge in [-0.15, -0.1) is 0 Å². The van der Waals surface area contributed by atoms with Crippen LogP contribution >= 0.6 is 0 Å². The quantitative estimate of drug-likeness (QED) is 0.770. The fraction of sp³-hybridized carbons (Fsp3) is 0.857. The molecule has 0 bridgehead atoms. The van der Waals surface area contributed by atoms with Crippen molar-refractivity contribution in [2.45, 2.75) is 36.6 Å². The first-order chi connectivity index (χ1) is 8.85. The van der Waals surface area contributed by atoms with Crippen LogP contribution in [0.15, 0.2) is 0 Å². The summed E-state index contributed by atoms with van der Waals surface area (Å²) >= 11 is 0. The first-order valence-electron chi connectivity index (χ1n) is 4.60. The minimum Gasteiger partial charge on any atom is -0.274 e. The molecule has 0 atom stereocenters. The van der Waals surface area contributed by atoms with Gasteiger partial charge < -0.3 is 0 Å². The SMILES string of the molecule is CC(F)(F)C(F)(F)C(F)(F)S(=O)(=O)NC(=O)CC(F)(F)F. The van der Waals surface area contributed by atoms with Gasteiger partial charge in [0.05, 0.1) is 0 Å². The van der Waals surface area contributed by atoms with Crippen LogP contribution in [0.25, 0.3) is 0 Å². The van der Waals surface area contributed by atoms with Crippen LogP contribution in [-0.2, 0) is 14.8 Å². The fourth-order valence-corrected chi connectivity index (χ4v) is 1.87. The van der Waals surface area contributed by atoms with E-state index in [0.29, 0.717) is 0 Å². The van der Waals surface area contributed by atoms with E-state index in [9.17, 15) is 52.7 Å². The van der Waals surface area contributed by atoms with Crippen molar-refractivity contribution in [1.82, 2.24) is 4.72 Å². The highest BCUT2D eigenvalue weighted by molar-refractivity contribution is 7.91. The highest BCUT2D eigenvalue weighted by atomic mass is 32.2. The largest absolute Gasteiger partial charge is 0.431 e. The van der Waals surface area contributed by atoms with E-state index in [1.54, 1.807) is 0 Å². The fourth-order valence-electron chi connectivity index (χ4n) is 0.856. The van der Waals surface area contributed by atoms with Gasteiger partial charge in [0.1, 0.15) is 6.42 Å². The Bertz CT molecular complexity index is 504. The Hall–Kier alpha value is -1.21. The molecule has 0 aromatic carbocycles. The lowest BCUT2D eigenvalue weighted by molar-refractivity contribution is -0.271. The second-order valence-electron chi connectivity index (χ2n) is 3.80. The van der Waals surface area contributed by atoms with Gasteiger partial charge in [0.2, 0.25) is 5.91 Å². The standard InChI is InChI=1S/C7H6F9NO3S/c1-4(8,9)6(13,14)7(15,16)21(19,20)17-3(18)2-5(10,11)12/h2H2,1H3,(H,17,18). The molecule has 21 heavy (non-hydrogen) atoms. The number of nitrogens with one attached hydrogen (secondary N) is 1. The monoisotopic (exact) mass is 355 g/mol. The number of halogens is 9. The first-order valence-corrected chi connectivity index (χ1v) is 6.09. The molecule has 0 fully saturated rings. The lowest BCUT2D eigenvalue weighted by Crippen LogP contribution is -2.60. The van der Waals surface area contributed by atoms with Crippen molar-refractivity contribution >= 4 is 15.9 Å². The molecular weight excluding hydrogens is 349 g/mol. The maximum atomic E-state index is 13.0. The molecule has 1 N–H and O–H groups in total. The molecule has 1 amide bonds. The lowest BCUT2D eigenvalue weighted by atomic mass is 10.2. The average molecular weight is 355 g/mol. The van der Waals surface area contributed by atoms with Crippen molar-refractivity contribution in [3.05, 3.63) is 0 Å². The molecular formula is C7H6F9NO3S. The Morgan fingerprint density at radius 1 is 0.952 bits per heavy atom. The van der Waals surface area contributed by atoms with Crippen LogP contribution < -0.4 is 4.72 Å². The van der Waals surface area contributed by atoms with E-state index in [1.807, 2.05) is 0 Å². The Morgan fingerprint density at radius 2 is 1.33 bits per heavy atom. The lowest BCUT2D eigenvalue weighted by Gasteiger charge is -2.30. The highest BCUT2D eigenvalue weighted by Crippen LogP contribution is 2.47. The van der Waals surface area contributed by atoms with Crippen molar-refractivity contribution in [2.75, 3.05) is 0 Å². The number of carbonyl (C=O) groups excluding carboxylic acids is 1. The van der Waals surface area contributed by atoms with Crippen molar-refractivity contribution in [1.29, 1.82) is 0 Å². The summed E-state index contributed by atoms with van der Waals surface area (Å²) in [6, 6.07) is 0. The number of rotatable bonds is 5. The van der Waals surface area contributed by atoms with E-state index in [-0.39, 0.29) is 4.72 Å². The van der Waals surface area contributed by atoms with Crippen LogP contribution in [0.5, 0.6) is 0 Å². The number of hydrogen-bond donors (Lipinski definition) is 1.